The minimum Gasteiger partial charge on any atom is -0.475 e. The molecule has 0 fully saturated rings. The zero-order valence-electron chi connectivity index (χ0n) is 9.34. The third-order valence-electron chi connectivity index (χ3n) is 2.77. The van der Waals surface area contributed by atoms with E-state index in [1.165, 1.54) is 5.56 Å². The third-order valence-corrected chi connectivity index (χ3v) is 2.77. The van der Waals surface area contributed by atoms with Crippen LogP contribution in [0.25, 0.3) is 0 Å². The van der Waals surface area contributed by atoms with Gasteiger partial charge in [-0.2, -0.15) is 0 Å². The van der Waals surface area contributed by atoms with E-state index < -0.39 is 0 Å². The maximum Gasteiger partial charge on any atom is 0.217 e. The molecule has 1 aliphatic rings. The van der Waals surface area contributed by atoms with Crippen LogP contribution in [-0.4, -0.2) is 12.5 Å². The van der Waals surface area contributed by atoms with E-state index in [1.54, 1.807) is 0 Å². The molecular weight excluding hydrogens is 210 g/mol. The number of nitrogens with zero attached hydrogens (tertiary/aromatic N) is 1. The highest BCUT2D eigenvalue weighted by Gasteiger charge is 2.21. The van der Waals surface area contributed by atoms with Gasteiger partial charge in [0.25, 0.3) is 0 Å². The van der Waals surface area contributed by atoms with Gasteiger partial charge in [0.1, 0.15) is 12.6 Å². The number of benzene rings is 2. The summed E-state index contributed by atoms with van der Waals surface area (Å²) in [5.41, 5.74) is 2.12. The molecule has 1 aliphatic heterocycles. The quantitative estimate of drug-likeness (QED) is 0.765. The van der Waals surface area contributed by atoms with Crippen molar-refractivity contribution in [3.63, 3.8) is 0 Å². The predicted octanol–water partition coefficient (Wildman–Crippen LogP) is 3.00. The van der Waals surface area contributed by atoms with Crippen molar-refractivity contribution in [2.75, 3.05) is 6.61 Å². The van der Waals surface area contributed by atoms with Gasteiger partial charge in [0.05, 0.1) is 0 Å². The van der Waals surface area contributed by atoms with Gasteiger partial charge >= 0.3 is 0 Å². The van der Waals surface area contributed by atoms with Crippen LogP contribution in [0.5, 0.6) is 0 Å². The zero-order valence-corrected chi connectivity index (χ0v) is 9.34. The maximum atomic E-state index is 5.62. The summed E-state index contributed by atoms with van der Waals surface area (Å²) >= 11 is 0. The molecule has 0 bridgehead atoms. The van der Waals surface area contributed by atoms with Gasteiger partial charge in [-0.1, -0.05) is 48.5 Å². The van der Waals surface area contributed by atoms with Crippen LogP contribution in [0.4, 0.5) is 0 Å². The van der Waals surface area contributed by atoms with Crippen molar-refractivity contribution >= 4 is 5.90 Å². The Morgan fingerprint density at radius 2 is 1.88 bits per heavy atom. The molecule has 0 unspecified atom stereocenters. The van der Waals surface area contributed by atoms with Gasteiger partial charge in [-0.3, -0.25) is 0 Å². The lowest BCUT2D eigenvalue weighted by Crippen LogP contribution is -2.00. The van der Waals surface area contributed by atoms with Crippen LogP contribution >= 0.6 is 0 Å². The molecule has 0 amide bonds. The lowest BCUT2D eigenvalue weighted by molar-refractivity contribution is 0.320. The number of rotatable bonds is 2. The molecule has 0 spiro atoms. The molecule has 1 radical (unpaired) electrons. The highest BCUT2D eigenvalue weighted by molar-refractivity contribution is 5.94. The molecule has 3 rings (SSSR count). The van der Waals surface area contributed by atoms with Crippen LogP contribution in [0.2, 0.25) is 0 Å². The fraction of sp³-hybridized carbons (Fsp3) is 0.133. The molecule has 2 heteroatoms. The van der Waals surface area contributed by atoms with Gasteiger partial charge in [-0.15, -0.1) is 0 Å². The third kappa shape index (κ3) is 2.07. The summed E-state index contributed by atoms with van der Waals surface area (Å²) < 4.78 is 5.62. The van der Waals surface area contributed by atoms with Gasteiger partial charge < -0.3 is 4.74 Å². The first-order chi connectivity index (χ1) is 8.43. The van der Waals surface area contributed by atoms with Gasteiger partial charge in [0, 0.05) is 5.56 Å². The summed E-state index contributed by atoms with van der Waals surface area (Å²) in [5, 5.41) is 0. The van der Waals surface area contributed by atoms with E-state index in [9.17, 15) is 0 Å². The number of hydrogen-bond acceptors (Lipinski definition) is 2. The molecule has 0 aromatic heterocycles. The summed E-state index contributed by atoms with van der Waals surface area (Å²) in [6.45, 7) is 0.613. The molecule has 2 nitrogen and oxygen atoms in total. The van der Waals surface area contributed by atoms with Crippen LogP contribution in [-0.2, 0) is 4.74 Å². The molecule has 17 heavy (non-hydrogen) atoms. The fourth-order valence-electron chi connectivity index (χ4n) is 1.89. The Balaban J connectivity index is 1.87. The predicted molar refractivity (Wildman–Crippen MR) is 67.0 cm³/mol. The molecule has 2 aromatic carbocycles. The maximum absolute atomic E-state index is 5.62. The summed E-state index contributed by atoms with van der Waals surface area (Å²) in [4.78, 5) is 4.59. The van der Waals surface area contributed by atoms with E-state index >= 15 is 0 Å². The van der Waals surface area contributed by atoms with Gasteiger partial charge in [0.2, 0.25) is 5.90 Å². The minimum atomic E-state index is 0.111. The second kappa shape index (κ2) is 4.42. The summed E-state index contributed by atoms with van der Waals surface area (Å²) in [5.74, 6) is 0.694. The normalized spacial score (nSPS) is 18.6. The topological polar surface area (TPSA) is 21.6 Å². The second-order valence-corrected chi connectivity index (χ2v) is 3.95. The first kappa shape index (κ1) is 10.1. The monoisotopic (exact) mass is 222 g/mol. The van der Waals surface area contributed by atoms with Crippen LogP contribution in [0.1, 0.15) is 17.2 Å². The van der Waals surface area contributed by atoms with Gasteiger partial charge in [-0.25, -0.2) is 4.99 Å². The summed E-state index contributed by atoms with van der Waals surface area (Å²) in [6.07, 6.45) is 0. The van der Waals surface area contributed by atoms with E-state index in [1.807, 2.05) is 42.5 Å². The molecule has 0 N–H and O–H groups in total. The van der Waals surface area contributed by atoms with Crippen molar-refractivity contribution in [1.82, 2.24) is 0 Å². The van der Waals surface area contributed by atoms with Gasteiger partial charge in [0.15, 0.2) is 0 Å². The molecule has 83 valence electrons. The highest BCUT2D eigenvalue weighted by Crippen LogP contribution is 2.24. The average Bonchev–Trinajstić information content (AvgIpc) is 2.90. The fourth-order valence-corrected chi connectivity index (χ4v) is 1.89. The Kier molecular flexibility index (Phi) is 2.62. The van der Waals surface area contributed by atoms with Crippen molar-refractivity contribution in [3.8, 4) is 0 Å². The van der Waals surface area contributed by atoms with E-state index in [-0.39, 0.29) is 6.04 Å². The van der Waals surface area contributed by atoms with E-state index in [4.69, 9.17) is 4.74 Å². The molecular formula is C15H12NO. The van der Waals surface area contributed by atoms with E-state index in [0.717, 1.165) is 5.56 Å². The van der Waals surface area contributed by atoms with Crippen molar-refractivity contribution < 1.29 is 4.74 Å². The van der Waals surface area contributed by atoms with Crippen LogP contribution in [0.3, 0.4) is 0 Å². The number of hydrogen-bond donors (Lipinski definition) is 0. The van der Waals surface area contributed by atoms with Crippen LogP contribution in [0.15, 0.2) is 59.6 Å². The standard InChI is InChI=1S/C15H12NO/c1-3-7-12(8-4-1)14-11-17-15(16-14)13-9-5-2-6-10-13/h1-9,14H,11H2/t14-/m1/s1. The SMILES string of the molecule is [c]1ccccc1C1=N[C@@H](c2ccccc2)CO1. The molecule has 0 aliphatic carbocycles. The average molecular weight is 222 g/mol. The van der Waals surface area contributed by atoms with Crippen molar-refractivity contribution in [2.45, 2.75) is 6.04 Å². The van der Waals surface area contributed by atoms with Crippen molar-refractivity contribution in [1.29, 1.82) is 0 Å². The Morgan fingerprint density at radius 3 is 2.65 bits per heavy atom. The van der Waals surface area contributed by atoms with Gasteiger partial charge in [-0.05, 0) is 17.7 Å². The van der Waals surface area contributed by atoms with Crippen LogP contribution in [0, 0.1) is 6.07 Å². The Hall–Kier alpha value is -2.09. The van der Waals surface area contributed by atoms with E-state index in [0.29, 0.717) is 12.5 Å². The lowest BCUT2D eigenvalue weighted by atomic mass is 10.1. The number of aliphatic imine (C=N–C) groups is 1. The van der Waals surface area contributed by atoms with E-state index in [2.05, 4.69) is 23.2 Å². The minimum absolute atomic E-state index is 0.111. The summed E-state index contributed by atoms with van der Waals surface area (Å²) in [6, 6.07) is 21.2. The molecule has 1 heterocycles. The Morgan fingerprint density at radius 1 is 1.06 bits per heavy atom. The smallest absolute Gasteiger partial charge is 0.217 e. The van der Waals surface area contributed by atoms with Crippen molar-refractivity contribution in [3.05, 3.63) is 71.8 Å². The highest BCUT2D eigenvalue weighted by atomic mass is 16.5. The van der Waals surface area contributed by atoms with Crippen molar-refractivity contribution in [2.24, 2.45) is 4.99 Å². The number of ether oxygens (including phenoxy) is 1. The Labute approximate surface area is 101 Å². The Bertz CT molecular complexity index is 519. The van der Waals surface area contributed by atoms with Crippen LogP contribution < -0.4 is 0 Å². The first-order valence-electron chi connectivity index (χ1n) is 5.66. The first-order valence-corrected chi connectivity index (χ1v) is 5.66. The summed E-state index contributed by atoms with van der Waals surface area (Å²) in [7, 11) is 0. The molecule has 0 saturated heterocycles. The largest absolute Gasteiger partial charge is 0.475 e. The molecule has 1 atom stereocenters. The molecule has 2 aromatic rings. The molecule has 0 saturated carbocycles. The second-order valence-electron chi connectivity index (χ2n) is 3.95. The zero-order chi connectivity index (χ0) is 11.5. The lowest BCUT2D eigenvalue weighted by Gasteiger charge is -2.03.